The van der Waals surface area contributed by atoms with E-state index in [0.29, 0.717) is 36.8 Å². The minimum absolute atomic E-state index is 0.00843. The van der Waals surface area contributed by atoms with Crippen LogP contribution in [0.5, 0.6) is 0 Å². The monoisotopic (exact) mass is 975 g/mol. The Kier molecular flexibility index (Phi) is 19.1. The van der Waals surface area contributed by atoms with Crippen molar-refractivity contribution in [3.8, 4) is 0 Å². The highest BCUT2D eigenvalue weighted by Crippen LogP contribution is 2.26. The number of carbonyl (C=O) groups is 8. The fraction of sp³-hybridized carbons (Fsp3) is 0.431. The number of aromatic amines is 1. The fourth-order valence-corrected chi connectivity index (χ4v) is 8.88. The van der Waals surface area contributed by atoms with Crippen molar-refractivity contribution in [2.75, 3.05) is 13.1 Å². The molecule has 0 spiro atoms. The molecule has 6 atom stereocenters. The van der Waals surface area contributed by atoms with Crippen molar-refractivity contribution in [3.05, 3.63) is 107 Å². The zero-order valence-corrected chi connectivity index (χ0v) is 40.0. The Hall–Kier alpha value is -7.77. The lowest BCUT2D eigenvalue weighted by molar-refractivity contribution is -0.146. The van der Waals surface area contributed by atoms with Crippen LogP contribution in [0.25, 0.3) is 10.9 Å². The van der Waals surface area contributed by atoms with Crippen LogP contribution in [-0.4, -0.2) is 112 Å². The second-order valence-corrected chi connectivity index (χ2v) is 18.1. The van der Waals surface area contributed by atoms with Gasteiger partial charge < -0.3 is 59.0 Å². The number of aliphatic imine (C=N–C) groups is 1. The van der Waals surface area contributed by atoms with Gasteiger partial charge in [0.1, 0.15) is 36.3 Å². The molecule has 20 nitrogen and oxygen atoms in total. The van der Waals surface area contributed by atoms with Gasteiger partial charge in [0.25, 0.3) is 0 Å². The van der Waals surface area contributed by atoms with Crippen LogP contribution in [0.2, 0.25) is 0 Å². The Bertz CT molecular complexity index is 2560. The molecule has 3 aromatic carbocycles. The molecular formula is C51H66N12O8. The van der Waals surface area contributed by atoms with Crippen molar-refractivity contribution >= 4 is 64.1 Å². The van der Waals surface area contributed by atoms with E-state index in [1.165, 1.54) is 4.90 Å². The number of aromatic nitrogens is 1. The Morgan fingerprint density at radius 2 is 1.39 bits per heavy atom. The third-order valence-electron chi connectivity index (χ3n) is 12.7. The molecule has 0 radical (unpaired) electrons. The number of nitrogens with zero attached hydrogens (tertiary/aromatic N) is 2. The van der Waals surface area contributed by atoms with Crippen LogP contribution in [0.1, 0.15) is 87.0 Å². The first kappa shape index (κ1) is 52.6. The summed E-state index contributed by atoms with van der Waals surface area (Å²) in [6.45, 7) is 2.11. The second-order valence-electron chi connectivity index (χ2n) is 18.1. The van der Waals surface area contributed by atoms with E-state index in [0.717, 1.165) is 22.0 Å². The fourth-order valence-electron chi connectivity index (χ4n) is 8.88. The zero-order valence-electron chi connectivity index (χ0n) is 40.0. The van der Waals surface area contributed by atoms with E-state index in [1.807, 2.05) is 55.5 Å². The van der Waals surface area contributed by atoms with Crippen LogP contribution >= 0.6 is 0 Å². The number of nitrogens with two attached hydrogens (primary N) is 3. The van der Waals surface area contributed by atoms with Crippen LogP contribution in [0, 0.1) is 0 Å². The number of unbranched alkanes of at least 4 members (excludes halogenated alkanes) is 1. The van der Waals surface area contributed by atoms with Gasteiger partial charge >= 0.3 is 0 Å². The SMILES string of the molecule is CCCCC(=O)N[C@H]1CC(=O)NCCCC[C@@H](C(N)=O)NC(=O)[C@H](Cc2c[nH]c3ccccc23)NC(=O)[C@H](CCCN=C(N)N)NC(=O)[C@@H](Cc2ccccc2)NC(=O)[C@@H]2Cc3ccccc3CN2C1=O. The van der Waals surface area contributed by atoms with E-state index >= 15 is 0 Å². The van der Waals surface area contributed by atoms with Gasteiger partial charge in [-0.25, -0.2) is 0 Å². The number of fused-ring (bicyclic) bond motifs is 3. The van der Waals surface area contributed by atoms with E-state index < -0.39 is 89.9 Å². The predicted molar refractivity (Wildman–Crippen MR) is 266 cm³/mol. The molecule has 8 amide bonds. The van der Waals surface area contributed by atoms with E-state index in [1.54, 1.807) is 36.5 Å². The zero-order chi connectivity index (χ0) is 50.9. The molecule has 20 heteroatoms. The van der Waals surface area contributed by atoms with Crippen LogP contribution in [0.15, 0.2) is 90.1 Å². The molecule has 378 valence electrons. The molecule has 0 saturated carbocycles. The lowest BCUT2D eigenvalue weighted by Crippen LogP contribution is -2.61. The molecule has 0 bridgehead atoms. The second kappa shape index (κ2) is 25.7. The maximum absolute atomic E-state index is 14.8. The van der Waals surface area contributed by atoms with Crippen molar-refractivity contribution in [1.82, 2.24) is 41.8 Å². The van der Waals surface area contributed by atoms with Gasteiger partial charge in [0.15, 0.2) is 5.96 Å². The lowest BCUT2D eigenvalue weighted by Gasteiger charge is -2.38. The Labute approximate surface area is 412 Å². The van der Waals surface area contributed by atoms with Crippen LogP contribution in [0.3, 0.4) is 0 Å². The minimum Gasteiger partial charge on any atom is -0.370 e. The van der Waals surface area contributed by atoms with Crippen LogP contribution in [0.4, 0.5) is 0 Å². The van der Waals surface area contributed by atoms with Gasteiger partial charge in [-0.2, -0.15) is 0 Å². The quantitative estimate of drug-likeness (QED) is 0.0509. The summed E-state index contributed by atoms with van der Waals surface area (Å²) in [6.07, 6.45) is 3.60. The number of carbonyl (C=O) groups excluding carboxylic acids is 8. The number of hydrogen-bond acceptors (Lipinski definition) is 9. The summed E-state index contributed by atoms with van der Waals surface area (Å²) in [6, 6.07) is 16.0. The molecular weight excluding hydrogens is 909 g/mol. The van der Waals surface area contributed by atoms with E-state index in [4.69, 9.17) is 17.2 Å². The predicted octanol–water partition coefficient (Wildman–Crippen LogP) is 0.750. The van der Waals surface area contributed by atoms with Gasteiger partial charge in [-0.1, -0.05) is 86.1 Å². The van der Waals surface area contributed by atoms with E-state index in [2.05, 4.69) is 41.9 Å². The maximum Gasteiger partial charge on any atom is 0.246 e. The smallest absolute Gasteiger partial charge is 0.246 e. The Morgan fingerprint density at radius 1 is 0.732 bits per heavy atom. The topological polar surface area (TPSA) is 318 Å². The molecule has 1 saturated heterocycles. The standard InChI is InChI=1S/C51H66N12O8/c1-2-3-22-43(64)58-41-28-44(65)55-23-12-11-20-37(45(52)66)59-48(69)40(26-34-29-57-36-19-10-9-18-35(34)36)61-46(67)38(21-13-24-56-51(53)54)60-47(68)39(25-31-14-5-4-6-15-31)62-49(70)42-27-32-16-7-8-17-33(32)30-63(42)50(41)71/h4-10,14-19,29,37-42,57H,2-3,11-13,20-28,30H2,1H3,(H2,52,66)(H,55,65)(H,58,64)(H,59,69)(H,60,68)(H,61,67)(H,62,70)(H4,53,54,56)/t37-,38-,39+,40-,41-,42-/m0/s1. The largest absolute Gasteiger partial charge is 0.370 e. The van der Waals surface area contributed by atoms with Crippen LogP contribution < -0.4 is 49.1 Å². The number of H-pyrrole nitrogens is 1. The molecule has 0 unspecified atom stereocenters. The Balaban J connectivity index is 1.39. The first-order valence-corrected chi connectivity index (χ1v) is 24.3. The number of guanidine groups is 1. The third kappa shape index (κ3) is 15.1. The van der Waals surface area contributed by atoms with Gasteiger partial charge in [0, 0.05) is 62.4 Å². The molecule has 1 aromatic heterocycles. The van der Waals surface area contributed by atoms with Crippen molar-refractivity contribution < 1.29 is 38.4 Å². The van der Waals surface area contributed by atoms with Gasteiger partial charge in [-0.3, -0.25) is 43.3 Å². The van der Waals surface area contributed by atoms with Gasteiger partial charge in [0.05, 0.1) is 6.42 Å². The number of nitrogens with one attached hydrogen (secondary N) is 7. The Morgan fingerprint density at radius 3 is 2.14 bits per heavy atom. The van der Waals surface area contributed by atoms with E-state index in [-0.39, 0.29) is 70.5 Å². The average Bonchev–Trinajstić information content (AvgIpc) is 3.76. The number of para-hydroxylation sites is 1. The van der Waals surface area contributed by atoms with Crippen molar-refractivity contribution in [2.24, 2.45) is 22.2 Å². The molecule has 0 aliphatic carbocycles. The number of primary amides is 1. The summed E-state index contributed by atoms with van der Waals surface area (Å²) in [5.41, 5.74) is 20.7. The molecule has 3 heterocycles. The highest BCUT2D eigenvalue weighted by atomic mass is 16.2. The molecule has 4 aromatic rings. The summed E-state index contributed by atoms with van der Waals surface area (Å²) in [4.78, 5) is 121. The first-order valence-electron chi connectivity index (χ1n) is 24.3. The van der Waals surface area contributed by atoms with Gasteiger partial charge in [-0.05, 0) is 66.8 Å². The lowest BCUT2D eigenvalue weighted by atomic mass is 9.92. The molecule has 2 aliphatic rings. The summed E-state index contributed by atoms with van der Waals surface area (Å²) in [5.74, 6) is -5.53. The molecule has 71 heavy (non-hydrogen) atoms. The minimum atomic E-state index is -1.35. The molecule has 6 rings (SSSR count). The van der Waals surface area contributed by atoms with Gasteiger partial charge in [0.2, 0.25) is 47.3 Å². The highest BCUT2D eigenvalue weighted by Gasteiger charge is 2.40. The number of hydrogen-bond donors (Lipinski definition) is 10. The summed E-state index contributed by atoms with van der Waals surface area (Å²) in [7, 11) is 0. The van der Waals surface area contributed by atoms with Crippen molar-refractivity contribution in [3.63, 3.8) is 0 Å². The summed E-state index contributed by atoms with van der Waals surface area (Å²) < 4.78 is 0. The molecule has 2 aliphatic heterocycles. The average molecular weight is 975 g/mol. The molecule has 1 fully saturated rings. The van der Waals surface area contributed by atoms with Crippen molar-refractivity contribution in [1.29, 1.82) is 0 Å². The van der Waals surface area contributed by atoms with E-state index in [9.17, 15) is 38.4 Å². The first-order chi connectivity index (χ1) is 34.2. The normalized spacial score (nSPS) is 22.1. The maximum atomic E-state index is 14.8. The number of benzene rings is 3. The van der Waals surface area contributed by atoms with Crippen molar-refractivity contribution in [2.45, 2.75) is 127 Å². The summed E-state index contributed by atoms with van der Waals surface area (Å²) in [5, 5.41) is 17.6. The van der Waals surface area contributed by atoms with Crippen LogP contribution in [-0.2, 0) is 64.2 Å². The number of amides is 8. The third-order valence-corrected chi connectivity index (χ3v) is 12.7. The molecule has 13 N–H and O–H groups in total. The van der Waals surface area contributed by atoms with Gasteiger partial charge in [-0.15, -0.1) is 0 Å². The summed E-state index contributed by atoms with van der Waals surface area (Å²) >= 11 is 0. The highest BCUT2D eigenvalue weighted by molar-refractivity contribution is 5.98. The number of rotatable bonds is 13.